The summed E-state index contributed by atoms with van der Waals surface area (Å²) in [6.07, 6.45) is 0. The molecule has 2 aromatic rings. The van der Waals surface area contributed by atoms with Gasteiger partial charge in [-0.1, -0.05) is 18.2 Å². The molecule has 0 aliphatic heterocycles. The van der Waals surface area contributed by atoms with Crippen LogP contribution in [0.15, 0.2) is 24.3 Å². The monoisotopic (exact) mass is 312 g/mol. The second-order valence-corrected chi connectivity index (χ2v) is 9.38. The number of hydrogen-bond donors (Lipinski definition) is 1. The average molecular weight is 312 g/mol. The lowest BCUT2D eigenvalue weighted by molar-refractivity contribution is 0.0701. The number of carboxylic acid groups (broad SMARTS) is 1. The van der Waals surface area contributed by atoms with Crippen molar-refractivity contribution < 1.29 is 18.3 Å². The summed E-state index contributed by atoms with van der Waals surface area (Å²) in [5.74, 6) is -1.33. The molecule has 0 amide bonds. The number of thiophene rings is 1. The molecule has 0 fully saturated rings. The molecule has 0 saturated heterocycles. The second-order valence-electron chi connectivity index (χ2n) is 5.58. The molecule has 0 atom stereocenters. The molecule has 0 aliphatic rings. The van der Waals surface area contributed by atoms with Crippen molar-refractivity contribution in [3.8, 4) is 0 Å². The Morgan fingerprint density at radius 2 is 1.85 bits per heavy atom. The van der Waals surface area contributed by atoms with E-state index in [0.717, 1.165) is 16.0 Å². The Morgan fingerprint density at radius 3 is 2.40 bits per heavy atom. The van der Waals surface area contributed by atoms with Gasteiger partial charge in [-0.3, -0.25) is 0 Å². The standard InChI is InChI=1S/C14H16O4S2/c1-14(2,3)20(17,18)8-10-9-6-4-5-7-11(9)19-12(10)13(15)16/h4-7H,8H2,1-3H3,(H,15,16). The van der Waals surface area contributed by atoms with Crippen LogP contribution in [-0.2, 0) is 15.6 Å². The van der Waals surface area contributed by atoms with Gasteiger partial charge in [0, 0.05) is 10.3 Å². The molecule has 1 heterocycles. The van der Waals surface area contributed by atoms with Gasteiger partial charge in [0.15, 0.2) is 9.84 Å². The molecule has 2 rings (SSSR count). The van der Waals surface area contributed by atoms with Crippen LogP contribution < -0.4 is 0 Å². The van der Waals surface area contributed by atoms with Gasteiger partial charge in [0.05, 0.1) is 10.5 Å². The first-order chi connectivity index (χ1) is 9.13. The van der Waals surface area contributed by atoms with Crippen molar-refractivity contribution in [2.45, 2.75) is 31.3 Å². The average Bonchev–Trinajstić information content (AvgIpc) is 2.67. The normalized spacial score (nSPS) is 12.8. The van der Waals surface area contributed by atoms with Gasteiger partial charge < -0.3 is 5.11 Å². The topological polar surface area (TPSA) is 71.4 Å². The zero-order chi connectivity index (χ0) is 15.1. The van der Waals surface area contributed by atoms with Crippen LogP contribution in [0.1, 0.15) is 36.0 Å². The van der Waals surface area contributed by atoms with Gasteiger partial charge in [0.25, 0.3) is 0 Å². The third-order valence-corrected chi connectivity index (χ3v) is 6.90. The van der Waals surface area contributed by atoms with Crippen LogP contribution in [0.5, 0.6) is 0 Å². The number of carbonyl (C=O) groups is 1. The number of fused-ring (bicyclic) bond motifs is 1. The number of rotatable bonds is 3. The van der Waals surface area contributed by atoms with Crippen LogP contribution in [0.25, 0.3) is 10.1 Å². The fourth-order valence-electron chi connectivity index (χ4n) is 1.82. The van der Waals surface area contributed by atoms with Crippen LogP contribution in [0.2, 0.25) is 0 Å². The van der Waals surface area contributed by atoms with Crippen molar-refractivity contribution in [1.82, 2.24) is 0 Å². The highest BCUT2D eigenvalue weighted by Crippen LogP contribution is 2.34. The largest absolute Gasteiger partial charge is 0.477 e. The molecule has 0 radical (unpaired) electrons. The summed E-state index contributed by atoms with van der Waals surface area (Å²) in [4.78, 5) is 11.5. The van der Waals surface area contributed by atoms with Gasteiger partial charge in [-0.25, -0.2) is 13.2 Å². The maximum Gasteiger partial charge on any atom is 0.346 e. The lowest BCUT2D eigenvalue weighted by Gasteiger charge is -2.19. The molecular weight excluding hydrogens is 296 g/mol. The van der Waals surface area contributed by atoms with Crippen molar-refractivity contribution in [1.29, 1.82) is 0 Å². The van der Waals surface area contributed by atoms with Crippen molar-refractivity contribution in [2.24, 2.45) is 0 Å². The van der Waals surface area contributed by atoms with E-state index in [0.29, 0.717) is 10.9 Å². The van der Waals surface area contributed by atoms with E-state index in [4.69, 9.17) is 0 Å². The summed E-state index contributed by atoms with van der Waals surface area (Å²) in [5, 5.41) is 9.99. The Morgan fingerprint density at radius 1 is 1.25 bits per heavy atom. The van der Waals surface area contributed by atoms with Gasteiger partial charge in [-0.05, 0) is 32.2 Å². The molecule has 108 valence electrons. The van der Waals surface area contributed by atoms with Crippen LogP contribution >= 0.6 is 11.3 Å². The van der Waals surface area contributed by atoms with Crippen molar-refractivity contribution >= 4 is 37.2 Å². The highest BCUT2D eigenvalue weighted by molar-refractivity contribution is 7.92. The fourth-order valence-corrected chi connectivity index (χ4v) is 4.09. The summed E-state index contributed by atoms with van der Waals surface area (Å²) >= 11 is 1.12. The minimum absolute atomic E-state index is 0.110. The summed E-state index contributed by atoms with van der Waals surface area (Å²) in [7, 11) is -3.42. The number of hydrogen-bond acceptors (Lipinski definition) is 4. The lowest BCUT2D eigenvalue weighted by atomic mass is 10.1. The van der Waals surface area contributed by atoms with E-state index < -0.39 is 20.6 Å². The lowest BCUT2D eigenvalue weighted by Crippen LogP contribution is -2.29. The predicted octanol–water partition coefficient (Wildman–Crippen LogP) is 3.31. The molecule has 1 aromatic carbocycles. The summed E-state index contributed by atoms with van der Waals surface area (Å²) in [6, 6.07) is 7.17. The van der Waals surface area contributed by atoms with E-state index in [9.17, 15) is 18.3 Å². The van der Waals surface area contributed by atoms with Gasteiger partial charge in [0.2, 0.25) is 0 Å². The first-order valence-electron chi connectivity index (χ1n) is 6.09. The van der Waals surface area contributed by atoms with Crippen LogP contribution in [0, 0.1) is 0 Å². The van der Waals surface area contributed by atoms with Gasteiger partial charge >= 0.3 is 5.97 Å². The number of aromatic carboxylic acids is 1. The third-order valence-electron chi connectivity index (χ3n) is 3.16. The van der Waals surface area contributed by atoms with Crippen LogP contribution in [0.4, 0.5) is 0 Å². The summed E-state index contributed by atoms with van der Waals surface area (Å²) < 4.78 is 24.6. The fraction of sp³-hybridized carbons (Fsp3) is 0.357. The molecule has 20 heavy (non-hydrogen) atoms. The minimum atomic E-state index is -3.42. The van der Waals surface area contributed by atoms with E-state index >= 15 is 0 Å². The molecule has 4 nitrogen and oxygen atoms in total. The molecule has 0 unspecified atom stereocenters. The SMILES string of the molecule is CC(C)(C)S(=O)(=O)Cc1c(C(=O)O)sc2ccccc12. The molecule has 0 spiro atoms. The van der Waals surface area contributed by atoms with E-state index in [2.05, 4.69) is 0 Å². The smallest absolute Gasteiger partial charge is 0.346 e. The van der Waals surface area contributed by atoms with Gasteiger partial charge in [-0.15, -0.1) is 11.3 Å². The zero-order valence-electron chi connectivity index (χ0n) is 11.5. The Bertz CT molecular complexity index is 764. The molecule has 0 saturated carbocycles. The zero-order valence-corrected chi connectivity index (χ0v) is 13.1. The van der Waals surface area contributed by atoms with E-state index in [-0.39, 0.29) is 10.6 Å². The maximum absolute atomic E-state index is 12.3. The quantitative estimate of drug-likeness (QED) is 0.943. The van der Waals surface area contributed by atoms with Crippen molar-refractivity contribution in [3.05, 3.63) is 34.7 Å². The maximum atomic E-state index is 12.3. The summed E-state index contributed by atoms with van der Waals surface area (Å²) in [5.41, 5.74) is 0.396. The first-order valence-corrected chi connectivity index (χ1v) is 8.56. The Balaban J connectivity index is 2.65. The molecule has 0 bridgehead atoms. The van der Waals surface area contributed by atoms with Crippen molar-refractivity contribution in [3.63, 3.8) is 0 Å². The number of carboxylic acids is 1. The van der Waals surface area contributed by atoms with Gasteiger partial charge in [0.1, 0.15) is 4.88 Å². The number of sulfone groups is 1. The Hall–Kier alpha value is -1.40. The first kappa shape index (κ1) is 15.0. The summed E-state index contributed by atoms with van der Waals surface area (Å²) in [6.45, 7) is 4.87. The Kier molecular flexibility index (Phi) is 3.64. The highest BCUT2D eigenvalue weighted by Gasteiger charge is 2.32. The minimum Gasteiger partial charge on any atom is -0.477 e. The van der Waals surface area contributed by atoms with Crippen LogP contribution in [-0.4, -0.2) is 24.2 Å². The number of benzene rings is 1. The molecule has 0 aliphatic carbocycles. The predicted molar refractivity (Wildman–Crippen MR) is 81.2 cm³/mol. The Labute approximate surface area is 122 Å². The van der Waals surface area contributed by atoms with Crippen LogP contribution in [0.3, 0.4) is 0 Å². The van der Waals surface area contributed by atoms with Gasteiger partial charge in [-0.2, -0.15) is 0 Å². The van der Waals surface area contributed by atoms with E-state index in [1.165, 1.54) is 0 Å². The second kappa shape index (κ2) is 4.86. The highest BCUT2D eigenvalue weighted by atomic mass is 32.2. The molecular formula is C14H16O4S2. The van der Waals surface area contributed by atoms with E-state index in [1.54, 1.807) is 39.0 Å². The van der Waals surface area contributed by atoms with Crippen molar-refractivity contribution in [2.75, 3.05) is 0 Å². The molecule has 1 aromatic heterocycles. The third kappa shape index (κ3) is 2.58. The molecule has 6 heteroatoms. The van der Waals surface area contributed by atoms with E-state index in [1.807, 2.05) is 6.07 Å². The molecule has 1 N–H and O–H groups in total.